The van der Waals surface area contributed by atoms with Crippen LogP contribution in [0.1, 0.15) is 12.5 Å². The number of hydrogen-bond donors (Lipinski definition) is 0. The monoisotopic (exact) mass is 230 g/mol. The van der Waals surface area contributed by atoms with Crippen molar-refractivity contribution in [3.8, 4) is 0 Å². The smallest absolute Gasteiger partial charge is 0.0606 e. The van der Waals surface area contributed by atoms with Gasteiger partial charge in [-0.05, 0) is 18.1 Å². The molecule has 3 heteroatoms. The molecule has 0 aliphatic heterocycles. The van der Waals surface area contributed by atoms with Gasteiger partial charge in [0.15, 0.2) is 0 Å². The van der Waals surface area contributed by atoms with E-state index >= 15 is 0 Å². The molecule has 0 N–H and O–H groups in total. The van der Waals surface area contributed by atoms with Gasteiger partial charge in [-0.2, -0.15) is 0 Å². The molecule has 0 fully saturated rings. The van der Waals surface area contributed by atoms with Crippen LogP contribution in [0.15, 0.2) is 17.5 Å². The fraction of sp³-hybridized carbons (Fsp3) is 0.200. The topological polar surface area (TPSA) is 0 Å². The maximum atomic E-state index is 6.05. The van der Waals surface area contributed by atoms with Gasteiger partial charge in [-0.15, -0.1) is 11.3 Å². The zero-order chi connectivity index (χ0) is 9.42. The molecule has 68 valence electrons. The Morgan fingerprint density at radius 1 is 1.23 bits per heavy atom. The molecule has 0 spiro atoms. The number of hydrogen-bond acceptors (Lipinski definition) is 1. The Morgan fingerprint density at radius 2 is 2.00 bits per heavy atom. The molecule has 0 radical (unpaired) electrons. The summed E-state index contributed by atoms with van der Waals surface area (Å²) in [6, 6.07) is 3.98. The molecule has 0 bridgehead atoms. The zero-order valence-electron chi connectivity index (χ0n) is 7.10. The lowest BCUT2D eigenvalue weighted by Gasteiger charge is -2.00. The molecule has 0 amide bonds. The lowest BCUT2D eigenvalue weighted by atomic mass is 10.1. The van der Waals surface area contributed by atoms with E-state index in [0.717, 1.165) is 21.9 Å². The van der Waals surface area contributed by atoms with Crippen LogP contribution in [-0.2, 0) is 6.42 Å². The van der Waals surface area contributed by atoms with E-state index in [1.165, 1.54) is 10.3 Å². The summed E-state index contributed by atoms with van der Waals surface area (Å²) < 4.78 is 1.22. The van der Waals surface area contributed by atoms with E-state index in [1.807, 2.05) is 11.4 Å². The summed E-state index contributed by atoms with van der Waals surface area (Å²) in [5.74, 6) is 0. The van der Waals surface area contributed by atoms with Crippen LogP contribution in [0.3, 0.4) is 0 Å². The Labute approximate surface area is 91.1 Å². The summed E-state index contributed by atoms with van der Waals surface area (Å²) in [7, 11) is 0. The van der Waals surface area contributed by atoms with Gasteiger partial charge < -0.3 is 0 Å². The third-order valence-electron chi connectivity index (χ3n) is 2.09. The molecule has 0 saturated carbocycles. The maximum absolute atomic E-state index is 6.05. The fourth-order valence-electron chi connectivity index (χ4n) is 1.41. The third kappa shape index (κ3) is 1.45. The van der Waals surface area contributed by atoms with Crippen molar-refractivity contribution in [1.82, 2.24) is 0 Å². The van der Waals surface area contributed by atoms with Crippen LogP contribution in [-0.4, -0.2) is 0 Å². The molecule has 0 aliphatic rings. The molecule has 13 heavy (non-hydrogen) atoms. The van der Waals surface area contributed by atoms with Crippen LogP contribution < -0.4 is 0 Å². The van der Waals surface area contributed by atoms with Crippen LogP contribution in [0, 0.1) is 0 Å². The first-order valence-electron chi connectivity index (χ1n) is 4.08. The Kier molecular flexibility index (Phi) is 2.50. The second-order valence-electron chi connectivity index (χ2n) is 2.85. The maximum Gasteiger partial charge on any atom is 0.0606 e. The quantitative estimate of drug-likeness (QED) is 0.663. The van der Waals surface area contributed by atoms with Gasteiger partial charge in [-0.3, -0.25) is 0 Å². The number of thiophene rings is 1. The highest BCUT2D eigenvalue weighted by Crippen LogP contribution is 2.37. The molecule has 0 nitrogen and oxygen atoms in total. The van der Waals surface area contributed by atoms with Gasteiger partial charge >= 0.3 is 0 Å². The highest BCUT2D eigenvalue weighted by atomic mass is 35.5. The van der Waals surface area contributed by atoms with Crippen LogP contribution in [0.25, 0.3) is 10.1 Å². The highest BCUT2D eigenvalue weighted by molar-refractivity contribution is 7.18. The lowest BCUT2D eigenvalue weighted by molar-refractivity contribution is 1.16. The van der Waals surface area contributed by atoms with Crippen molar-refractivity contribution < 1.29 is 0 Å². The Balaban J connectivity index is 2.87. The van der Waals surface area contributed by atoms with Crippen molar-refractivity contribution in [2.75, 3.05) is 0 Å². The first-order valence-corrected chi connectivity index (χ1v) is 5.71. The summed E-state index contributed by atoms with van der Waals surface area (Å²) in [5.41, 5.74) is 1.32. The minimum atomic E-state index is 0.749. The first kappa shape index (κ1) is 9.32. The second-order valence-corrected chi connectivity index (χ2v) is 4.54. The SMILES string of the molecule is CCc1ccc(Cl)c2c(Cl)csc12. The molecule has 0 unspecified atom stereocenters. The van der Waals surface area contributed by atoms with E-state index in [-0.39, 0.29) is 0 Å². The van der Waals surface area contributed by atoms with Crippen molar-refractivity contribution in [3.63, 3.8) is 0 Å². The average Bonchev–Trinajstić information content (AvgIpc) is 2.50. The van der Waals surface area contributed by atoms with Gasteiger partial charge in [0, 0.05) is 15.5 Å². The van der Waals surface area contributed by atoms with Gasteiger partial charge in [0.05, 0.1) is 10.0 Å². The van der Waals surface area contributed by atoms with Crippen LogP contribution >= 0.6 is 34.5 Å². The molecule has 2 rings (SSSR count). The van der Waals surface area contributed by atoms with Crippen molar-refractivity contribution in [2.24, 2.45) is 0 Å². The standard InChI is InChI=1S/C10H8Cl2S/c1-2-6-3-4-7(11)9-8(12)5-13-10(6)9/h3-5H,2H2,1H3. The predicted molar refractivity (Wildman–Crippen MR) is 61.2 cm³/mol. The zero-order valence-corrected chi connectivity index (χ0v) is 9.43. The van der Waals surface area contributed by atoms with Gasteiger partial charge in [0.25, 0.3) is 0 Å². The normalized spacial score (nSPS) is 11.0. The minimum Gasteiger partial charge on any atom is -0.142 e. The summed E-state index contributed by atoms with van der Waals surface area (Å²) in [6.45, 7) is 2.14. The van der Waals surface area contributed by atoms with E-state index in [1.54, 1.807) is 11.3 Å². The van der Waals surface area contributed by atoms with Crippen molar-refractivity contribution >= 4 is 44.6 Å². The first-order chi connectivity index (χ1) is 6.24. The number of fused-ring (bicyclic) bond motifs is 1. The second kappa shape index (κ2) is 3.49. The average molecular weight is 231 g/mol. The highest BCUT2D eigenvalue weighted by Gasteiger charge is 2.08. The molecule has 1 aromatic heterocycles. The predicted octanol–water partition coefficient (Wildman–Crippen LogP) is 4.77. The summed E-state index contributed by atoms with van der Waals surface area (Å²) in [6.07, 6.45) is 1.02. The largest absolute Gasteiger partial charge is 0.142 e. The molecular formula is C10H8Cl2S. The van der Waals surface area contributed by atoms with E-state index in [2.05, 4.69) is 13.0 Å². The van der Waals surface area contributed by atoms with E-state index in [4.69, 9.17) is 23.2 Å². The molecule has 0 aliphatic carbocycles. The van der Waals surface area contributed by atoms with Gasteiger partial charge in [0.1, 0.15) is 0 Å². The third-order valence-corrected chi connectivity index (χ3v) is 3.89. The fourth-order valence-corrected chi connectivity index (χ4v) is 3.20. The van der Waals surface area contributed by atoms with E-state index in [9.17, 15) is 0 Å². The van der Waals surface area contributed by atoms with Crippen molar-refractivity contribution in [2.45, 2.75) is 13.3 Å². The van der Waals surface area contributed by atoms with E-state index < -0.39 is 0 Å². The van der Waals surface area contributed by atoms with Crippen LogP contribution in [0.5, 0.6) is 0 Å². The Bertz CT molecular complexity index is 445. The van der Waals surface area contributed by atoms with Crippen molar-refractivity contribution in [3.05, 3.63) is 33.1 Å². The van der Waals surface area contributed by atoms with Gasteiger partial charge in [-0.1, -0.05) is 36.2 Å². The van der Waals surface area contributed by atoms with Gasteiger partial charge in [0.2, 0.25) is 0 Å². The molecular weight excluding hydrogens is 223 g/mol. The molecule has 1 heterocycles. The van der Waals surface area contributed by atoms with Crippen molar-refractivity contribution in [1.29, 1.82) is 0 Å². The summed E-state index contributed by atoms with van der Waals surface area (Å²) in [5, 5.41) is 4.46. The van der Waals surface area contributed by atoms with Crippen LogP contribution in [0.4, 0.5) is 0 Å². The molecule has 1 aromatic carbocycles. The Morgan fingerprint density at radius 3 is 2.69 bits per heavy atom. The summed E-state index contributed by atoms with van der Waals surface area (Å²) in [4.78, 5) is 0. The van der Waals surface area contributed by atoms with E-state index in [0.29, 0.717) is 0 Å². The number of aryl methyl sites for hydroxylation is 1. The number of rotatable bonds is 1. The lowest BCUT2D eigenvalue weighted by Crippen LogP contribution is -1.79. The Hall–Kier alpha value is -0.240. The summed E-state index contributed by atoms with van der Waals surface area (Å²) >= 11 is 13.8. The minimum absolute atomic E-state index is 0.749. The number of halogens is 2. The molecule has 0 saturated heterocycles. The number of benzene rings is 1. The van der Waals surface area contributed by atoms with Gasteiger partial charge in [-0.25, -0.2) is 0 Å². The molecule has 2 aromatic rings. The van der Waals surface area contributed by atoms with Crippen LogP contribution in [0.2, 0.25) is 10.0 Å². The molecule has 0 atom stereocenters.